The summed E-state index contributed by atoms with van der Waals surface area (Å²) in [7, 11) is 3.28. The number of tetrazole rings is 1. The van der Waals surface area contributed by atoms with Crippen molar-refractivity contribution in [3.8, 4) is 11.5 Å². The summed E-state index contributed by atoms with van der Waals surface area (Å²) in [5.41, 5.74) is 2.93. The van der Waals surface area contributed by atoms with E-state index < -0.39 is 36.7 Å². The zero-order valence-electron chi connectivity index (χ0n) is 34.4. The molecule has 0 radical (unpaired) electrons. The number of ether oxygens (including phenoxy) is 3. The van der Waals surface area contributed by atoms with Crippen molar-refractivity contribution < 1.29 is 52.3 Å². The number of fused-ring (bicyclic) bond motifs is 1. The molecule has 0 aliphatic carbocycles. The zero-order valence-corrected chi connectivity index (χ0v) is 34.4. The van der Waals surface area contributed by atoms with E-state index in [-0.39, 0.29) is 29.9 Å². The lowest BCUT2D eigenvalue weighted by Gasteiger charge is -2.22. The molecule has 0 unspecified atom stereocenters. The summed E-state index contributed by atoms with van der Waals surface area (Å²) in [5, 5.41) is 54.9. The third-order valence-electron chi connectivity index (χ3n) is 10.9. The van der Waals surface area contributed by atoms with Crippen molar-refractivity contribution in [2.45, 2.75) is 75.0 Å². The van der Waals surface area contributed by atoms with Gasteiger partial charge in [0.2, 0.25) is 11.8 Å². The Balaban J connectivity index is 0.000000785. The molecule has 7 N–H and O–H groups in total. The summed E-state index contributed by atoms with van der Waals surface area (Å²) in [6.07, 6.45) is -6.77. The maximum atomic E-state index is 12.8. The highest BCUT2D eigenvalue weighted by Crippen LogP contribution is 2.39. The first kappa shape index (κ1) is 44.7. The normalized spacial score (nSPS) is 22.2. The van der Waals surface area contributed by atoms with E-state index in [9.17, 15) is 28.2 Å². The number of urea groups is 1. The molecule has 21 nitrogen and oxygen atoms in total. The quantitative estimate of drug-likeness (QED) is 0.0892. The van der Waals surface area contributed by atoms with E-state index in [1.54, 1.807) is 18.8 Å². The molecule has 3 aromatic heterocycles. The van der Waals surface area contributed by atoms with E-state index in [1.807, 2.05) is 60.4 Å². The summed E-state index contributed by atoms with van der Waals surface area (Å²) in [6, 6.07) is 15.7. The van der Waals surface area contributed by atoms with Crippen LogP contribution in [0.2, 0.25) is 0 Å². The number of amides is 2. The minimum atomic E-state index is -5.08. The van der Waals surface area contributed by atoms with Gasteiger partial charge in [-0.2, -0.15) is 27.9 Å². The van der Waals surface area contributed by atoms with Gasteiger partial charge in [0.25, 0.3) is 0 Å². The Hall–Kier alpha value is -6.37. The van der Waals surface area contributed by atoms with Crippen LogP contribution in [0.5, 0.6) is 11.5 Å². The number of hydrogen-bond donors (Lipinski definition) is 7. The number of anilines is 2. The molecular formula is C39H48F3N13O8. The van der Waals surface area contributed by atoms with E-state index in [2.05, 4.69) is 36.7 Å². The second kappa shape index (κ2) is 19.3. The van der Waals surface area contributed by atoms with Gasteiger partial charge >= 0.3 is 18.2 Å². The summed E-state index contributed by atoms with van der Waals surface area (Å²) in [6.45, 7) is 5.50. The molecular weight excluding hydrogens is 836 g/mol. The summed E-state index contributed by atoms with van der Waals surface area (Å²) < 4.78 is 50.4. The molecule has 3 aliphatic rings. The third-order valence-corrected chi connectivity index (χ3v) is 10.9. The predicted molar refractivity (Wildman–Crippen MR) is 217 cm³/mol. The monoisotopic (exact) mass is 883 g/mol. The number of aromatic nitrogens is 8. The van der Waals surface area contributed by atoms with Crippen LogP contribution in [0.3, 0.4) is 0 Å². The van der Waals surface area contributed by atoms with Gasteiger partial charge in [0.1, 0.15) is 23.7 Å². The number of carboxylic acids is 1. The van der Waals surface area contributed by atoms with Crippen molar-refractivity contribution in [2.75, 3.05) is 57.2 Å². The smallest absolute Gasteiger partial charge is 0.490 e. The molecule has 5 aromatic rings. The fourth-order valence-corrected chi connectivity index (χ4v) is 7.51. The third kappa shape index (κ3) is 10.3. The Kier molecular flexibility index (Phi) is 13.7. The van der Waals surface area contributed by atoms with Crippen LogP contribution < -0.4 is 35.6 Å². The van der Waals surface area contributed by atoms with Gasteiger partial charge in [-0.25, -0.2) is 14.6 Å². The van der Waals surface area contributed by atoms with Gasteiger partial charge in [0, 0.05) is 44.2 Å². The highest BCUT2D eigenvalue weighted by molar-refractivity contribution is 5.84. The number of nitrogens with one attached hydrogen (secondary N) is 4. The van der Waals surface area contributed by atoms with Crippen molar-refractivity contribution in [1.29, 1.82) is 0 Å². The number of carboxylic acid groups (broad SMARTS) is 1. The van der Waals surface area contributed by atoms with Crippen molar-refractivity contribution in [1.82, 2.24) is 55.7 Å². The number of carbonyl (C=O) groups is 2. The summed E-state index contributed by atoms with van der Waals surface area (Å²) >= 11 is 0. The van der Waals surface area contributed by atoms with Crippen LogP contribution in [-0.4, -0.2) is 144 Å². The number of carbonyl (C=O) groups excluding carboxylic acids is 1. The van der Waals surface area contributed by atoms with Crippen LogP contribution in [0.4, 0.5) is 29.7 Å². The molecule has 6 atom stereocenters. The van der Waals surface area contributed by atoms with Crippen molar-refractivity contribution in [3.05, 3.63) is 71.8 Å². The van der Waals surface area contributed by atoms with E-state index >= 15 is 0 Å². The molecule has 6 heterocycles. The number of halogens is 3. The molecule has 2 aromatic carbocycles. The summed E-state index contributed by atoms with van der Waals surface area (Å²) in [4.78, 5) is 39.8. The second-order valence-corrected chi connectivity index (χ2v) is 15.0. The van der Waals surface area contributed by atoms with Gasteiger partial charge in [0.15, 0.2) is 29.3 Å². The second-order valence-electron chi connectivity index (χ2n) is 15.0. The lowest BCUT2D eigenvalue weighted by atomic mass is 9.91. The molecule has 2 amide bonds. The number of aliphatic hydroxyl groups is 2. The first-order valence-electron chi connectivity index (χ1n) is 20.1. The molecule has 24 heteroatoms. The average molecular weight is 884 g/mol. The zero-order chi connectivity index (χ0) is 44.8. The van der Waals surface area contributed by atoms with E-state index in [0.29, 0.717) is 55.5 Å². The molecule has 3 fully saturated rings. The molecule has 8 rings (SSSR count). The number of methoxy groups -OCH3 is 2. The number of rotatable bonds is 13. The number of nitrogens with zero attached hydrogens (tertiary/aromatic N) is 9. The number of imidazole rings is 1. The highest BCUT2D eigenvalue weighted by Gasteiger charge is 2.47. The molecule has 3 aliphatic heterocycles. The van der Waals surface area contributed by atoms with Gasteiger partial charge in [0.05, 0.1) is 27.1 Å². The minimum Gasteiger partial charge on any atom is -0.497 e. The number of hydrogen-bond acceptors (Lipinski definition) is 16. The van der Waals surface area contributed by atoms with E-state index in [1.165, 1.54) is 11.1 Å². The van der Waals surface area contributed by atoms with Crippen LogP contribution in [-0.2, 0) is 16.1 Å². The lowest BCUT2D eigenvalue weighted by molar-refractivity contribution is -0.192. The number of aliphatic carboxylic acids is 1. The molecule has 63 heavy (non-hydrogen) atoms. The molecule has 338 valence electrons. The van der Waals surface area contributed by atoms with Crippen LogP contribution in [0.15, 0.2) is 54.9 Å². The fourth-order valence-electron chi connectivity index (χ4n) is 7.51. The average Bonchev–Trinajstić information content (AvgIpc) is 4.14. The Morgan fingerprint density at radius 3 is 2.19 bits per heavy atom. The first-order valence-corrected chi connectivity index (χ1v) is 20.1. The molecule has 0 saturated carbocycles. The van der Waals surface area contributed by atoms with Crippen LogP contribution in [0.1, 0.15) is 55.0 Å². The summed E-state index contributed by atoms with van der Waals surface area (Å²) in [5.74, 6) is -0.323. The maximum Gasteiger partial charge on any atom is 0.490 e. The van der Waals surface area contributed by atoms with Gasteiger partial charge in [-0.15, -0.1) is 10.2 Å². The van der Waals surface area contributed by atoms with Crippen LogP contribution >= 0.6 is 0 Å². The first-order chi connectivity index (χ1) is 30.3. The topological polar surface area (TPSA) is 261 Å². The maximum absolute atomic E-state index is 12.8. The standard InChI is InChI=1S/C37H47N13O6.C2HF3O2/c1-4-50-46-33(45-47-50)31-29(51)30(52)35(56-31)49-20-40-28-32(39-18-27(21-5-9-25(54-2)10-6-21)22-7-11-26(55-3)12-8-22)43-36(44-34(28)49)48-16-14-24(19-48)42-37(53)41-23-13-15-38-17-23;3-2(4,5)1(6)7/h5-12,20,23-24,27,29-31,35,38,51-52H,4,13-19H2,1-3H3,(H,39,43,44)(H2,41,42,53);(H,6,7)/t23-,24-,29+,30-,31+,35-;/m1./s1. The largest absolute Gasteiger partial charge is 0.497 e. The highest BCUT2D eigenvalue weighted by atomic mass is 19.4. The van der Waals surface area contributed by atoms with Crippen molar-refractivity contribution in [3.63, 3.8) is 0 Å². The van der Waals surface area contributed by atoms with E-state index in [4.69, 9.17) is 39.1 Å². The Labute approximate surface area is 358 Å². The number of benzene rings is 2. The van der Waals surface area contributed by atoms with E-state index in [0.717, 1.165) is 42.1 Å². The fraction of sp³-hybridized carbons (Fsp3) is 0.487. The molecule has 0 bridgehead atoms. The number of alkyl halides is 3. The Morgan fingerprint density at radius 1 is 0.968 bits per heavy atom. The number of aryl methyl sites for hydroxylation is 1. The van der Waals surface area contributed by atoms with Crippen molar-refractivity contribution >= 4 is 34.9 Å². The Morgan fingerprint density at radius 2 is 1.62 bits per heavy atom. The molecule has 0 spiro atoms. The minimum absolute atomic E-state index is 0.104. The van der Waals surface area contributed by atoms with Gasteiger partial charge < -0.3 is 55.7 Å². The Bertz CT molecular complexity index is 2280. The number of aliphatic hydroxyl groups excluding tert-OH is 2. The van der Waals surface area contributed by atoms with Gasteiger partial charge in [-0.05, 0) is 66.9 Å². The predicted octanol–water partition coefficient (Wildman–Crippen LogP) is 1.96. The van der Waals surface area contributed by atoms with Crippen LogP contribution in [0.25, 0.3) is 11.2 Å². The SMILES string of the molecule is CCn1nnc([C@H]2O[C@@H](n3cnc4c(NCC(c5ccc(OC)cc5)c5ccc(OC)cc5)nc(N5CC[C@@H](NC(=O)N[C@@H]6CCNC6)C5)nc43)[C@H](O)[C@@H]2O)n1.O=C(O)C(F)(F)F. The molecule has 3 saturated heterocycles. The van der Waals surface area contributed by atoms with Gasteiger partial charge in [-0.3, -0.25) is 4.57 Å². The van der Waals surface area contributed by atoms with Crippen molar-refractivity contribution in [2.24, 2.45) is 0 Å². The van der Waals surface area contributed by atoms with Gasteiger partial charge in [-0.1, -0.05) is 24.3 Å². The van der Waals surface area contributed by atoms with Crippen LogP contribution in [0, 0.1) is 0 Å². The lowest BCUT2D eigenvalue weighted by Crippen LogP contribution is -2.47.